The van der Waals surface area contributed by atoms with Gasteiger partial charge in [0, 0.05) is 18.4 Å². The summed E-state index contributed by atoms with van der Waals surface area (Å²) in [5, 5.41) is 0.989. The molecule has 2 unspecified atom stereocenters. The van der Waals surface area contributed by atoms with Crippen molar-refractivity contribution in [2.24, 2.45) is 11.3 Å². The van der Waals surface area contributed by atoms with E-state index in [2.05, 4.69) is 29.8 Å². The zero-order valence-electron chi connectivity index (χ0n) is 11.5. The van der Waals surface area contributed by atoms with Crippen molar-refractivity contribution in [1.82, 2.24) is 4.90 Å². The molecule has 1 heterocycles. The van der Waals surface area contributed by atoms with Crippen molar-refractivity contribution in [2.75, 3.05) is 18.4 Å². The first kappa shape index (κ1) is 14.8. The van der Waals surface area contributed by atoms with Gasteiger partial charge in [-0.1, -0.05) is 29.8 Å². The normalized spacial score (nSPS) is 30.2. The molecule has 0 aromatic carbocycles. The molecule has 3 nitrogen and oxygen atoms in total. The van der Waals surface area contributed by atoms with E-state index in [1.807, 2.05) is 25.7 Å². The summed E-state index contributed by atoms with van der Waals surface area (Å²) in [6.45, 7) is 11.8. The molecular weight excluding hydrogens is 282 g/mol. The number of carbonyl (C=O) groups is 1. The Morgan fingerprint density at radius 2 is 2.12 bits per heavy atom. The van der Waals surface area contributed by atoms with E-state index in [-0.39, 0.29) is 6.09 Å². The zero-order valence-corrected chi connectivity index (χ0v) is 13.1. The molecule has 0 aromatic heterocycles. The minimum atomic E-state index is -0.406. The highest BCUT2D eigenvalue weighted by Gasteiger charge is 2.38. The number of piperidine rings is 1. The summed E-state index contributed by atoms with van der Waals surface area (Å²) in [4.78, 5) is 13.8. The van der Waals surface area contributed by atoms with Crippen molar-refractivity contribution in [3.8, 4) is 0 Å². The number of hydrogen-bond acceptors (Lipinski definition) is 2. The highest BCUT2D eigenvalue weighted by Crippen LogP contribution is 2.37. The minimum Gasteiger partial charge on any atom is -0.444 e. The average Bonchev–Trinajstić information content (AvgIpc) is 2.19. The molecule has 100 valence electrons. The molecule has 1 rings (SSSR count). The summed E-state index contributed by atoms with van der Waals surface area (Å²) in [6, 6.07) is 0. The van der Waals surface area contributed by atoms with Crippen LogP contribution in [0.1, 0.15) is 41.0 Å². The number of nitrogens with zero attached hydrogens (tertiary/aromatic N) is 1. The third kappa shape index (κ3) is 3.87. The standard InChI is InChI=1S/C13H24BrNO2/c1-10-8-15(7-6-13(10,5)9-14)11(16)17-12(2,3)4/h10H,6-9H2,1-5H3. The van der Waals surface area contributed by atoms with Gasteiger partial charge in [-0.05, 0) is 38.5 Å². The lowest BCUT2D eigenvalue weighted by atomic mass is 9.74. The van der Waals surface area contributed by atoms with Gasteiger partial charge < -0.3 is 9.64 Å². The number of rotatable bonds is 1. The molecule has 1 aliphatic heterocycles. The second-order valence-corrected chi connectivity index (χ2v) is 6.93. The van der Waals surface area contributed by atoms with Crippen molar-refractivity contribution < 1.29 is 9.53 Å². The van der Waals surface area contributed by atoms with Crippen LogP contribution in [0.2, 0.25) is 0 Å². The molecule has 0 saturated carbocycles. The quantitative estimate of drug-likeness (QED) is 0.692. The first-order chi connectivity index (χ1) is 7.68. The molecule has 1 aliphatic rings. The highest BCUT2D eigenvalue weighted by atomic mass is 79.9. The van der Waals surface area contributed by atoms with Crippen LogP contribution in [0.15, 0.2) is 0 Å². The van der Waals surface area contributed by atoms with Gasteiger partial charge in [0.2, 0.25) is 0 Å². The Hall–Kier alpha value is -0.250. The van der Waals surface area contributed by atoms with Crippen molar-refractivity contribution in [3.63, 3.8) is 0 Å². The van der Waals surface area contributed by atoms with Crippen LogP contribution >= 0.6 is 15.9 Å². The SMILES string of the molecule is CC1CN(C(=O)OC(C)(C)C)CCC1(C)CBr. The maximum Gasteiger partial charge on any atom is 0.410 e. The molecule has 1 amide bonds. The lowest BCUT2D eigenvalue weighted by Crippen LogP contribution is -2.49. The predicted octanol–water partition coefficient (Wildman–Crippen LogP) is 3.66. The molecule has 0 aromatic rings. The average molecular weight is 306 g/mol. The van der Waals surface area contributed by atoms with Crippen LogP contribution < -0.4 is 0 Å². The lowest BCUT2D eigenvalue weighted by molar-refractivity contribution is 0.00262. The smallest absolute Gasteiger partial charge is 0.410 e. The fraction of sp³-hybridized carbons (Fsp3) is 0.923. The monoisotopic (exact) mass is 305 g/mol. The van der Waals surface area contributed by atoms with E-state index in [4.69, 9.17) is 4.74 Å². The van der Waals surface area contributed by atoms with Gasteiger partial charge in [0.05, 0.1) is 0 Å². The van der Waals surface area contributed by atoms with Gasteiger partial charge in [-0.15, -0.1) is 0 Å². The van der Waals surface area contributed by atoms with Crippen molar-refractivity contribution in [2.45, 2.75) is 46.6 Å². The molecule has 0 spiro atoms. The summed E-state index contributed by atoms with van der Waals surface area (Å²) in [5.74, 6) is 0.489. The van der Waals surface area contributed by atoms with Gasteiger partial charge in [-0.2, -0.15) is 0 Å². The van der Waals surface area contributed by atoms with Crippen LogP contribution in [-0.2, 0) is 4.74 Å². The first-order valence-corrected chi connectivity index (χ1v) is 7.34. The number of carbonyl (C=O) groups excluding carboxylic acids is 1. The number of hydrogen-bond donors (Lipinski definition) is 0. The van der Waals surface area contributed by atoms with E-state index < -0.39 is 5.60 Å². The first-order valence-electron chi connectivity index (χ1n) is 6.22. The molecule has 2 atom stereocenters. The summed E-state index contributed by atoms with van der Waals surface area (Å²) >= 11 is 3.58. The van der Waals surface area contributed by atoms with Gasteiger partial charge in [-0.3, -0.25) is 0 Å². The number of amides is 1. The summed E-state index contributed by atoms with van der Waals surface area (Å²) in [7, 11) is 0. The topological polar surface area (TPSA) is 29.5 Å². The molecule has 17 heavy (non-hydrogen) atoms. The number of likely N-dealkylation sites (tertiary alicyclic amines) is 1. The maximum atomic E-state index is 12.0. The fourth-order valence-corrected chi connectivity index (χ4v) is 2.80. The number of ether oxygens (including phenoxy) is 1. The summed E-state index contributed by atoms with van der Waals surface area (Å²) in [5.41, 5.74) is -0.116. The molecule has 0 N–H and O–H groups in total. The number of alkyl halides is 1. The predicted molar refractivity (Wildman–Crippen MR) is 73.5 cm³/mol. The van der Waals surface area contributed by atoms with E-state index in [0.717, 1.165) is 24.8 Å². The molecule has 0 aliphatic carbocycles. The Morgan fingerprint density at radius 1 is 1.53 bits per heavy atom. The van der Waals surface area contributed by atoms with Crippen molar-refractivity contribution in [1.29, 1.82) is 0 Å². The van der Waals surface area contributed by atoms with Crippen LogP contribution in [0.5, 0.6) is 0 Å². The second-order valence-electron chi connectivity index (χ2n) is 6.37. The third-order valence-corrected chi connectivity index (χ3v) is 4.87. The Bertz CT molecular complexity index is 288. The summed E-state index contributed by atoms with van der Waals surface area (Å²) in [6.07, 6.45) is 0.847. The molecule has 1 saturated heterocycles. The van der Waals surface area contributed by atoms with Crippen molar-refractivity contribution >= 4 is 22.0 Å². The molecule has 1 fully saturated rings. The van der Waals surface area contributed by atoms with Crippen LogP contribution in [0.3, 0.4) is 0 Å². The van der Waals surface area contributed by atoms with Crippen molar-refractivity contribution in [3.05, 3.63) is 0 Å². The zero-order chi connectivity index (χ0) is 13.3. The van der Waals surface area contributed by atoms with E-state index in [1.165, 1.54) is 0 Å². The third-order valence-electron chi connectivity index (χ3n) is 3.59. The van der Waals surface area contributed by atoms with Gasteiger partial charge in [0.15, 0.2) is 0 Å². The van der Waals surface area contributed by atoms with Crippen LogP contribution in [-0.4, -0.2) is 35.0 Å². The Kier molecular flexibility index (Phi) is 4.50. The molecule has 4 heteroatoms. The van der Waals surface area contributed by atoms with Crippen LogP contribution in [0.25, 0.3) is 0 Å². The summed E-state index contributed by atoms with van der Waals surface area (Å²) < 4.78 is 5.40. The minimum absolute atomic E-state index is 0.180. The van der Waals surface area contributed by atoms with Gasteiger partial charge >= 0.3 is 6.09 Å². The van der Waals surface area contributed by atoms with Gasteiger partial charge in [0.1, 0.15) is 5.60 Å². The van der Waals surface area contributed by atoms with Gasteiger partial charge in [-0.25, -0.2) is 4.79 Å². The van der Waals surface area contributed by atoms with E-state index in [9.17, 15) is 4.79 Å². The Labute approximate surface area is 113 Å². The lowest BCUT2D eigenvalue weighted by Gasteiger charge is -2.43. The van der Waals surface area contributed by atoms with E-state index in [1.54, 1.807) is 0 Å². The molecular formula is C13H24BrNO2. The maximum absolute atomic E-state index is 12.0. The Morgan fingerprint density at radius 3 is 2.53 bits per heavy atom. The second kappa shape index (κ2) is 5.17. The van der Waals surface area contributed by atoms with Crippen LogP contribution in [0, 0.1) is 11.3 Å². The van der Waals surface area contributed by atoms with E-state index >= 15 is 0 Å². The van der Waals surface area contributed by atoms with Gasteiger partial charge in [0.25, 0.3) is 0 Å². The fourth-order valence-electron chi connectivity index (χ4n) is 1.97. The number of halogens is 1. The Balaban J connectivity index is 2.58. The van der Waals surface area contributed by atoms with E-state index in [0.29, 0.717) is 11.3 Å². The van der Waals surface area contributed by atoms with Crippen LogP contribution in [0.4, 0.5) is 4.79 Å². The largest absolute Gasteiger partial charge is 0.444 e. The molecule has 0 bridgehead atoms. The molecule has 0 radical (unpaired) electrons. The highest BCUT2D eigenvalue weighted by molar-refractivity contribution is 9.09.